The van der Waals surface area contributed by atoms with Crippen LogP contribution in [-0.4, -0.2) is 49.3 Å². The number of benzene rings is 2. The van der Waals surface area contributed by atoms with Gasteiger partial charge in [0.25, 0.3) is 17.7 Å². The van der Waals surface area contributed by atoms with Crippen LogP contribution in [0, 0.1) is 0 Å². The summed E-state index contributed by atoms with van der Waals surface area (Å²) in [6, 6.07) is 13.5. The van der Waals surface area contributed by atoms with E-state index < -0.39 is 17.9 Å². The largest absolute Gasteiger partial charge is 0.378 e. The Morgan fingerprint density at radius 1 is 1.03 bits per heavy atom. The number of hydrazine groups is 1. The summed E-state index contributed by atoms with van der Waals surface area (Å²) in [6.07, 6.45) is 1.29. The quantitative estimate of drug-likeness (QED) is 0.689. The van der Waals surface area contributed by atoms with Gasteiger partial charge in [-0.2, -0.15) is 0 Å². The monoisotopic (exact) mass is 458 g/mol. The summed E-state index contributed by atoms with van der Waals surface area (Å²) in [7, 11) is 3.77. The van der Waals surface area contributed by atoms with Crippen molar-refractivity contribution in [3.8, 4) is 0 Å². The molecule has 1 fully saturated rings. The number of hydrogen-bond acceptors (Lipinski definition) is 4. The predicted octanol–water partition coefficient (Wildman–Crippen LogP) is 2.58. The Hall–Kier alpha value is -2.87. The average Bonchev–Trinajstić information content (AvgIpc) is 3.22. The van der Waals surface area contributed by atoms with E-state index in [4.69, 9.17) is 0 Å². The minimum atomic E-state index is -0.612. The first-order valence-corrected chi connectivity index (χ1v) is 10.1. The second-order valence-corrected chi connectivity index (χ2v) is 7.97. The van der Waals surface area contributed by atoms with Crippen LogP contribution in [0.5, 0.6) is 0 Å². The highest BCUT2D eigenvalue weighted by atomic mass is 79.9. The molecule has 1 aliphatic rings. The molecule has 2 aromatic rings. The van der Waals surface area contributed by atoms with E-state index in [-0.39, 0.29) is 5.91 Å². The van der Waals surface area contributed by atoms with Crippen molar-refractivity contribution in [3.63, 3.8) is 0 Å². The zero-order chi connectivity index (χ0) is 21.0. The Balaban J connectivity index is 1.62. The van der Waals surface area contributed by atoms with Crippen molar-refractivity contribution in [3.05, 3.63) is 64.1 Å². The number of nitrogens with zero attached hydrogens (tertiary/aromatic N) is 2. The molecule has 8 heteroatoms. The van der Waals surface area contributed by atoms with E-state index in [9.17, 15) is 14.4 Å². The molecule has 1 unspecified atom stereocenters. The number of likely N-dealkylation sites (tertiary alicyclic amines) is 1. The fraction of sp³-hybridized carbons (Fsp3) is 0.286. The third-order valence-electron chi connectivity index (χ3n) is 4.83. The van der Waals surface area contributed by atoms with Gasteiger partial charge in [0.2, 0.25) is 0 Å². The van der Waals surface area contributed by atoms with Crippen LogP contribution < -0.4 is 15.8 Å². The number of amides is 3. The van der Waals surface area contributed by atoms with E-state index in [1.165, 1.54) is 0 Å². The molecule has 0 radical (unpaired) electrons. The normalized spacial score (nSPS) is 15.7. The predicted molar refractivity (Wildman–Crippen MR) is 115 cm³/mol. The topological polar surface area (TPSA) is 81.8 Å². The Labute approximate surface area is 178 Å². The molecule has 1 saturated heterocycles. The maximum absolute atomic E-state index is 12.8. The molecule has 1 atom stereocenters. The lowest BCUT2D eigenvalue weighted by molar-refractivity contribution is -0.125. The second-order valence-electron chi connectivity index (χ2n) is 7.05. The van der Waals surface area contributed by atoms with Crippen LogP contribution >= 0.6 is 15.9 Å². The highest BCUT2D eigenvalue weighted by Gasteiger charge is 2.34. The van der Waals surface area contributed by atoms with Crippen LogP contribution in [-0.2, 0) is 4.79 Å². The number of halogens is 1. The van der Waals surface area contributed by atoms with Crippen molar-refractivity contribution < 1.29 is 14.4 Å². The van der Waals surface area contributed by atoms with Gasteiger partial charge >= 0.3 is 0 Å². The first-order valence-electron chi connectivity index (χ1n) is 9.31. The lowest BCUT2D eigenvalue weighted by Gasteiger charge is -2.24. The van der Waals surface area contributed by atoms with E-state index in [0.717, 1.165) is 16.6 Å². The first kappa shape index (κ1) is 20.9. The number of anilines is 1. The lowest BCUT2D eigenvalue weighted by atomic mass is 10.1. The molecule has 0 bridgehead atoms. The molecule has 152 valence electrons. The molecule has 1 heterocycles. The van der Waals surface area contributed by atoms with E-state index in [2.05, 4.69) is 26.8 Å². The van der Waals surface area contributed by atoms with Gasteiger partial charge in [-0.25, -0.2) is 0 Å². The molecule has 0 aromatic heterocycles. The highest BCUT2D eigenvalue weighted by molar-refractivity contribution is 9.10. The van der Waals surface area contributed by atoms with Crippen molar-refractivity contribution in [1.29, 1.82) is 0 Å². The van der Waals surface area contributed by atoms with Crippen LogP contribution in [0.3, 0.4) is 0 Å². The van der Waals surface area contributed by atoms with Crippen molar-refractivity contribution in [1.82, 2.24) is 15.8 Å². The van der Waals surface area contributed by atoms with Crippen molar-refractivity contribution in [2.45, 2.75) is 18.9 Å². The molecule has 0 spiro atoms. The van der Waals surface area contributed by atoms with Gasteiger partial charge in [0.15, 0.2) is 0 Å². The van der Waals surface area contributed by atoms with Gasteiger partial charge in [-0.1, -0.05) is 22.0 Å². The van der Waals surface area contributed by atoms with Crippen LogP contribution in [0.15, 0.2) is 53.0 Å². The van der Waals surface area contributed by atoms with Gasteiger partial charge < -0.3 is 9.80 Å². The number of hydrogen-bond donors (Lipinski definition) is 2. The summed E-state index contributed by atoms with van der Waals surface area (Å²) in [5, 5.41) is 0. The van der Waals surface area contributed by atoms with Crippen LogP contribution in [0.25, 0.3) is 0 Å². The number of carbonyl (C=O) groups is 3. The van der Waals surface area contributed by atoms with Crippen LogP contribution in [0.2, 0.25) is 0 Å². The average molecular weight is 459 g/mol. The minimum absolute atomic E-state index is 0.194. The van der Waals surface area contributed by atoms with Crippen LogP contribution in [0.1, 0.15) is 33.6 Å². The third-order valence-corrected chi connectivity index (χ3v) is 5.36. The van der Waals surface area contributed by atoms with E-state index >= 15 is 0 Å². The van der Waals surface area contributed by atoms with Gasteiger partial charge in [-0.15, -0.1) is 0 Å². The Morgan fingerprint density at radius 3 is 2.45 bits per heavy atom. The standard InChI is InChI=1S/C21H23BrN4O3/c1-25(2)17-6-3-5-15(13-17)19(27)23-24-20(28)18-7-4-12-26(18)21(29)14-8-10-16(22)11-9-14/h3,5-6,8-11,13,18H,4,7,12H2,1-2H3,(H,23,27)(H,24,28). The smallest absolute Gasteiger partial charge is 0.269 e. The Kier molecular flexibility index (Phi) is 6.53. The summed E-state index contributed by atoms with van der Waals surface area (Å²) in [5.74, 6) is -1.00. The fourth-order valence-electron chi connectivity index (χ4n) is 3.24. The molecule has 2 aromatic carbocycles. The molecule has 0 saturated carbocycles. The Bertz CT molecular complexity index is 914. The maximum Gasteiger partial charge on any atom is 0.269 e. The number of nitrogens with one attached hydrogen (secondary N) is 2. The number of carbonyl (C=O) groups excluding carboxylic acids is 3. The molecule has 29 heavy (non-hydrogen) atoms. The van der Waals surface area contributed by atoms with Crippen molar-refractivity contribution in [2.24, 2.45) is 0 Å². The summed E-state index contributed by atoms with van der Waals surface area (Å²) in [5.41, 5.74) is 6.75. The molecule has 3 amide bonds. The molecule has 7 nitrogen and oxygen atoms in total. The first-order chi connectivity index (χ1) is 13.9. The Morgan fingerprint density at radius 2 is 1.76 bits per heavy atom. The molecule has 2 N–H and O–H groups in total. The molecular weight excluding hydrogens is 436 g/mol. The van der Waals surface area contributed by atoms with Gasteiger partial charge in [-0.3, -0.25) is 25.2 Å². The van der Waals surface area contributed by atoms with Gasteiger partial charge in [0.05, 0.1) is 0 Å². The van der Waals surface area contributed by atoms with Gasteiger partial charge in [0, 0.05) is 41.9 Å². The van der Waals surface area contributed by atoms with Gasteiger partial charge in [0.1, 0.15) is 6.04 Å². The SMILES string of the molecule is CN(C)c1cccc(C(=O)NNC(=O)C2CCCN2C(=O)c2ccc(Br)cc2)c1. The summed E-state index contributed by atoms with van der Waals surface area (Å²) in [4.78, 5) is 41.2. The van der Waals surface area contributed by atoms with Crippen LogP contribution in [0.4, 0.5) is 5.69 Å². The fourth-order valence-corrected chi connectivity index (χ4v) is 3.50. The summed E-state index contributed by atoms with van der Waals surface area (Å²) >= 11 is 3.35. The second kappa shape index (κ2) is 9.09. The molecule has 3 rings (SSSR count). The van der Waals surface area contributed by atoms with Crippen molar-refractivity contribution >= 4 is 39.3 Å². The molecule has 0 aliphatic carbocycles. The number of rotatable bonds is 4. The van der Waals surface area contributed by atoms with E-state index in [0.29, 0.717) is 24.1 Å². The lowest BCUT2D eigenvalue weighted by Crippen LogP contribution is -2.51. The maximum atomic E-state index is 12.8. The zero-order valence-electron chi connectivity index (χ0n) is 16.3. The van der Waals surface area contributed by atoms with Crippen molar-refractivity contribution in [2.75, 3.05) is 25.5 Å². The minimum Gasteiger partial charge on any atom is -0.378 e. The summed E-state index contributed by atoms with van der Waals surface area (Å²) < 4.78 is 0.880. The van der Waals surface area contributed by atoms with E-state index in [1.807, 2.05) is 25.1 Å². The molecular formula is C21H23BrN4O3. The van der Waals surface area contributed by atoms with Gasteiger partial charge in [-0.05, 0) is 55.3 Å². The third kappa shape index (κ3) is 4.95. The molecule has 1 aliphatic heterocycles. The summed E-state index contributed by atoms with van der Waals surface area (Å²) in [6.45, 7) is 0.506. The zero-order valence-corrected chi connectivity index (χ0v) is 17.9. The highest BCUT2D eigenvalue weighted by Crippen LogP contribution is 2.21. The van der Waals surface area contributed by atoms with E-state index in [1.54, 1.807) is 47.4 Å².